The van der Waals surface area contributed by atoms with Crippen molar-refractivity contribution in [3.8, 4) is 5.75 Å². The third-order valence-corrected chi connectivity index (χ3v) is 3.32. The Bertz CT molecular complexity index is 523. The van der Waals surface area contributed by atoms with Crippen molar-refractivity contribution in [2.45, 2.75) is 19.4 Å². The van der Waals surface area contributed by atoms with Gasteiger partial charge in [-0.1, -0.05) is 43.3 Å². The minimum absolute atomic E-state index is 0.0268. The summed E-state index contributed by atoms with van der Waals surface area (Å²) in [4.78, 5) is 0. The van der Waals surface area contributed by atoms with Crippen LogP contribution in [0.1, 0.15) is 29.7 Å². The summed E-state index contributed by atoms with van der Waals surface area (Å²) in [5, 5.41) is 0. The molecule has 0 aliphatic rings. The Morgan fingerprint density at radius 2 is 1.84 bits per heavy atom. The minimum Gasteiger partial charge on any atom is -0.497 e. The lowest BCUT2D eigenvalue weighted by Crippen LogP contribution is -2.28. The van der Waals surface area contributed by atoms with Crippen LogP contribution in [0, 0.1) is 0 Å². The van der Waals surface area contributed by atoms with Crippen LogP contribution in [0.3, 0.4) is 0 Å². The summed E-state index contributed by atoms with van der Waals surface area (Å²) in [6, 6.07) is 16.4. The van der Waals surface area contributed by atoms with Crippen LogP contribution in [0.5, 0.6) is 5.75 Å². The molecular formula is C16H20N2O. The number of hydrogen-bond donors (Lipinski definition) is 2. The van der Waals surface area contributed by atoms with Gasteiger partial charge in [0, 0.05) is 0 Å². The molecule has 0 aromatic heterocycles. The second-order valence-electron chi connectivity index (χ2n) is 4.47. The highest BCUT2D eigenvalue weighted by molar-refractivity contribution is 5.37. The van der Waals surface area contributed by atoms with Crippen molar-refractivity contribution in [1.82, 2.24) is 5.43 Å². The van der Waals surface area contributed by atoms with Gasteiger partial charge in [0.25, 0.3) is 0 Å². The summed E-state index contributed by atoms with van der Waals surface area (Å²) in [5.74, 6) is 6.54. The fraction of sp³-hybridized carbons (Fsp3) is 0.250. The van der Waals surface area contributed by atoms with Gasteiger partial charge in [0.05, 0.1) is 13.2 Å². The maximum Gasteiger partial charge on any atom is 0.119 e. The highest BCUT2D eigenvalue weighted by Gasteiger charge is 2.12. The molecular weight excluding hydrogens is 236 g/mol. The van der Waals surface area contributed by atoms with Crippen LogP contribution < -0.4 is 16.0 Å². The first-order valence-corrected chi connectivity index (χ1v) is 6.47. The van der Waals surface area contributed by atoms with Crippen LogP contribution in [0.15, 0.2) is 48.5 Å². The molecule has 0 saturated heterocycles. The zero-order valence-electron chi connectivity index (χ0n) is 11.4. The molecule has 2 aromatic carbocycles. The van der Waals surface area contributed by atoms with E-state index < -0.39 is 0 Å². The molecule has 0 aliphatic carbocycles. The number of ether oxygens (including phenoxy) is 1. The van der Waals surface area contributed by atoms with E-state index in [1.165, 1.54) is 5.56 Å². The third-order valence-electron chi connectivity index (χ3n) is 3.32. The smallest absolute Gasteiger partial charge is 0.119 e. The molecule has 1 unspecified atom stereocenters. The van der Waals surface area contributed by atoms with E-state index >= 15 is 0 Å². The Morgan fingerprint density at radius 1 is 1.11 bits per heavy atom. The van der Waals surface area contributed by atoms with E-state index in [0.29, 0.717) is 0 Å². The first-order valence-electron chi connectivity index (χ1n) is 6.47. The fourth-order valence-electron chi connectivity index (χ4n) is 2.15. The van der Waals surface area contributed by atoms with Gasteiger partial charge < -0.3 is 4.74 Å². The number of nitrogens with two attached hydrogens (primary N) is 1. The molecule has 0 heterocycles. The summed E-state index contributed by atoms with van der Waals surface area (Å²) in [6.07, 6.45) is 1.04. The fourth-order valence-corrected chi connectivity index (χ4v) is 2.15. The van der Waals surface area contributed by atoms with Gasteiger partial charge in [-0.15, -0.1) is 0 Å². The Labute approximate surface area is 114 Å². The summed E-state index contributed by atoms with van der Waals surface area (Å²) in [7, 11) is 1.67. The molecule has 0 radical (unpaired) electrons. The quantitative estimate of drug-likeness (QED) is 0.639. The van der Waals surface area contributed by atoms with E-state index in [2.05, 4.69) is 36.6 Å². The zero-order valence-corrected chi connectivity index (χ0v) is 11.4. The van der Waals surface area contributed by atoms with Crippen molar-refractivity contribution < 1.29 is 4.74 Å². The van der Waals surface area contributed by atoms with Crippen molar-refractivity contribution in [3.63, 3.8) is 0 Å². The number of methoxy groups -OCH3 is 1. The van der Waals surface area contributed by atoms with Gasteiger partial charge in [-0.2, -0.15) is 0 Å². The van der Waals surface area contributed by atoms with Crippen LogP contribution >= 0.6 is 0 Å². The summed E-state index contributed by atoms with van der Waals surface area (Å²) < 4.78 is 5.25. The molecule has 19 heavy (non-hydrogen) atoms. The molecule has 0 saturated carbocycles. The molecule has 1 atom stereocenters. The average Bonchev–Trinajstić information content (AvgIpc) is 2.49. The van der Waals surface area contributed by atoms with E-state index in [4.69, 9.17) is 10.6 Å². The van der Waals surface area contributed by atoms with E-state index in [-0.39, 0.29) is 6.04 Å². The highest BCUT2D eigenvalue weighted by atomic mass is 16.5. The summed E-state index contributed by atoms with van der Waals surface area (Å²) >= 11 is 0. The Balaban J connectivity index is 2.31. The van der Waals surface area contributed by atoms with Gasteiger partial charge in [-0.05, 0) is 35.2 Å². The van der Waals surface area contributed by atoms with Gasteiger partial charge in [-0.25, -0.2) is 5.43 Å². The first-order chi connectivity index (χ1) is 9.28. The number of aryl methyl sites for hydroxylation is 1. The SMILES string of the molecule is CCc1ccc(C(NN)c2cccc(OC)c2)cc1. The van der Waals surface area contributed by atoms with Crippen LogP contribution in [-0.2, 0) is 6.42 Å². The molecule has 100 valence electrons. The molecule has 0 amide bonds. The Hall–Kier alpha value is -1.84. The van der Waals surface area contributed by atoms with Crippen molar-refractivity contribution in [1.29, 1.82) is 0 Å². The minimum atomic E-state index is -0.0268. The first kappa shape index (κ1) is 13.6. The maximum absolute atomic E-state index is 5.71. The lowest BCUT2D eigenvalue weighted by atomic mass is 9.98. The van der Waals surface area contributed by atoms with Crippen LogP contribution in [0.25, 0.3) is 0 Å². The second-order valence-corrected chi connectivity index (χ2v) is 4.47. The van der Waals surface area contributed by atoms with E-state index in [9.17, 15) is 0 Å². The van der Waals surface area contributed by atoms with Crippen molar-refractivity contribution in [2.75, 3.05) is 7.11 Å². The van der Waals surface area contributed by atoms with Gasteiger partial charge in [0.15, 0.2) is 0 Å². The van der Waals surface area contributed by atoms with E-state index in [1.807, 2.05) is 24.3 Å². The standard InChI is InChI=1S/C16H20N2O/c1-3-12-7-9-13(10-8-12)16(18-17)14-5-4-6-15(11-14)19-2/h4-11,16,18H,3,17H2,1-2H3. The monoisotopic (exact) mass is 256 g/mol. The van der Waals surface area contributed by atoms with Crippen LogP contribution in [0.2, 0.25) is 0 Å². The topological polar surface area (TPSA) is 47.3 Å². The molecule has 0 bridgehead atoms. The van der Waals surface area contributed by atoms with Crippen molar-refractivity contribution in [3.05, 3.63) is 65.2 Å². The van der Waals surface area contributed by atoms with Crippen LogP contribution in [0.4, 0.5) is 0 Å². The molecule has 3 N–H and O–H groups in total. The van der Waals surface area contributed by atoms with Gasteiger partial charge in [-0.3, -0.25) is 5.84 Å². The molecule has 2 aromatic rings. The van der Waals surface area contributed by atoms with E-state index in [0.717, 1.165) is 23.3 Å². The van der Waals surface area contributed by atoms with Crippen molar-refractivity contribution >= 4 is 0 Å². The predicted octanol–water partition coefficient (Wildman–Crippen LogP) is 2.81. The third kappa shape index (κ3) is 3.13. The summed E-state index contributed by atoms with van der Waals surface area (Å²) in [5.41, 5.74) is 6.43. The van der Waals surface area contributed by atoms with E-state index in [1.54, 1.807) is 7.11 Å². The number of hydrogen-bond acceptors (Lipinski definition) is 3. The number of benzene rings is 2. The lowest BCUT2D eigenvalue weighted by Gasteiger charge is -2.18. The molecule has 2 rings (SSSR count). The van der Waals surface area contributed by atoms with Gasteiger partial charge in [0.2, 0.25) is 0 Å². The molecule has 0 spiro atoms. The maximum atomic E-state index is 5.71. The number of nitrogens with one attached hydrogen (secondary N) is 1. The highest BCUT2D eigenvalue weighted by Crippen LogP contribution is 2.24. The Kier molecular flexibility index (Phi) is 4.55. The predicted molar refractivity (Wildman–Crippen MR) is 78.0 cm³/mol. The lowest BCUT2D eigenvalue weighted by molar-refractivity contribution is 0.413. The molecule has 0 fully saturated rings. The zero-order chi connectivity index (χ0) is 13.7. The Morgan fingerprint density at radius 3 is 2.42 bits per heavy atom. The second kappa shape index (κ2) is 6.36. The largest absolute Gasteiger partial charge is 0.497 e. The molecule has 3 nitrogen and oxygen atoms in total. The normalized spacial score (nSPS) is 12.2. The summed E-state index contributed by atoms with van der Waals surface area (Å²) in [6.45, 7) is 2.15. The number of rotatable bonds is 5. The molecule has 3 heteroatoms. The van der Waals surface area contributed by atoms with Gasteiger partial charge >= 0.3 is 0 Å². The molecule has 0 aliphatic heterocycles. The van der Waals surface area contributed by atoms with Crippen LogP contribution in [-0.4, -0.2) is 7.11 Å². The number of hydrazine groups is 1. The average molecular weight is 256 g/mol. The van der Waals surface area contributed by atoms with Gasteiger partial charge in [0.1, 0.15) is 5.75 Å². The van der Waals surface area contributed by atoms with Crippen molar-refractivity contribution in [2.24, 2.45) is 5.84 Å².